The molecule has 19 heavy (non-hydrogen) atoms. The molecule has 0 fully saturated rings. The molecule has 3 heteroatoms. The van der Waals surface area contributed by atoms with E-state index in [-0.39, 0.29) is 0 Å². The Morgan fingerprint density at radius 3 is 2.74 bits per heavy atom. The molecule has 0 radical (unpaired) electrons. The predicted octanol–water partition coefficient (Wildman–Crippen LogP) is 4.30. The zero-order valence-electron chi connectivity index (χ0n) is 11.6. The number of para-hydroxylation sites is 1. The van der Waals surface area contributed by atoms with Crippen LogP contribution in [0.3, 0.4) is 0 Å². The molecule has 3 nitrogen and oxygen atoms in total. The third-order valence-electron chi connectivity index (χ3n) is 3.42. The van der Waals surface area contributed by atoms with E-state index in [1.165, 1.54) is 16.5 Å². The number of hydrogen-bond donors (Lipinski definition) is 0. The first kappa shape index (κ1) is 12.0. The number of aryl methyl sites for hydroxylation is 1. The summed E-state index contributed by atoms with van der Waals surface area (Å²) in [4.78, 5) is 4.35. The van der Waals surface area contributed by atoms with Gasteiger partial charge in [-0.15, -0.1) is 0 Å². The lowest BCUT2D eigenvalue weighted by molar-refractivity contribution is 0.458. The van der Waals surface area contributed by atoms with E-state index in [9.17, 15) is 0 Å². The summed E-state index contributed by atoms with van der Waals surface area (Å²) in [5, 5.41) is 1.28. The van der Waals surface area contributed by atoms with Crippen molar-refractivity contribution in [1.29, 1.82) is 0 Å². The van der Waals surface area contributed by atoms with Gasteiger partial charge in [0.05, 0.1) is 11.7 Å². The van der Waals surface area contributed by atoms with Gasteiger partial charge in [0.25, 0.3) is 0 Å². The fourth-order valence-corrected chi connectivity index (χ4v) is 2.37. The fourth-order valence-electron chi connectivity index (χ4n) is 2.37. The minimum atomic E-state index is 0.307. The van der Waals surface area contributed by atoms with Crippen molar-refractivity contribution in [3.8, 4) is 5.88 Å². The molecule has 2 heterocycles. The molecule has 98 valence electrons. The summed E-state index contributed by atoms with van der Waals surface area (Å²) in [5.41, 5.74) is 2.50. The SMILES string of the molecule is CCc1cn(-c2cnc(C(C)C)o2)c2ccccc12. The minimum Gasteiger partial charge on any atom is -0.424 e. The molecule has 2 aromatic heterocycles. The van der Waals surface area contributed by atoms with Crippen molar-refractivity contribution < 1.29 is 4.42 Å². The summed E-state index contributed by atoms with van der Waals surface area (Å²) in [6.45, 7) is 6.34. The molecular formula is C16H18N2O. The molecular weight excluding hydrogens is 236 g/mol. The molecule has 3 aromatic rings. The molecule has 0 aliphatic heterocycles. The topological polar surface area (TPSA) is 31.0 Å². The highest BCUT2D eigenvalue weighted by molar-refractivity contribution is 5.85. The molecule has 0 unspecified atom stereocenters. The van der Waals surface area contributed by atoms with Gasteiger partial charge in [-0.25, -0.2) is 4.98 Å². The normalized spacial score (nSPS) is 11.6. The summed E-state index contributed by atoms with van der Waals surface area (Å²) >= 11 is 0. The summed E-state index contributed by atoms with van der Waals surface area (Å²) in [6.07, 6.45) is 4.97. The Balaban J connectivity index is 2.18. The van der Waals surface area contributed by atoms with Crippen molar-refractivity contribution in [3.63, 3.8) is 0 Å². The average Bonchev–Trinajstić information content (AvgIpc) is 3.03. The van der Waals surface area contributed by atoms with E-state index in [4.69, 9.17) is 4.42 Å². The Kier molecular flexibility index (Phi) is 2.90. The van der Waals surface area contributed by atoms with Gasteiger partial charge in [0.15, 0.2) is 5.89 Å². The van der Waals surface area contributed by atoms with Crippen LogP contribution in [0.4, 0.5) is 0 Å². The lowest BCUT2D eigenvalue weighted by Crippen LogP contribution is -1.89. The van der Waals surface area contributed by atoms with E-state index in [1.54, 1.807) is 6.20 Å². The maximum Gasteiger partial charge on any atom is 0.224 e. The lowest BCUT2D eigenvalue weighted by atomic mass is 10.1. The van der Waals surface area contributed by atoms with Crippen molar-refractivity contribution in [3.05, 3.63) is 48.1 Å². The van der Waals surface area contributed by atoms with Crippen molar-refractivity contribution in [2.75, 3.05) is 0 Å². The molecule has 0 aliphatic carbocycles. The predicted molar refractivity (Wildman–Crippen MR) is 76.8 cm³/mol. The highest BCUT2D eigenvalue weighted by atomic mass is 16.4. The second-order valence-electron chi connectivity index (χ2n) is 5.09. The second-order valence-corrected chi connectivity index (χ2v) is 5.09. The standard InChI is InChI=1S/C16H18N2O/c1-4-12-10-18(14-8-6-5-7-13(12)14)15-9-17-16(19-15)11(2)3/h5-11H,4H2,1-3H3. The Morgan fingerprint density at radius 2 is 2.05 bits per heavy atom. The smallest absolute Gasteiger partial charge is 0.224 e. The van der Waals surface area contributed by atoms with E-state index in [0.29, 0.717) is 5.92 Å². The van der Waals surface area contributed by atoms with Crippen LogP contribution in [0, 0.1) is 0 Å². The van der Waals surface area contributed by atoms with Crippen LogP contribution in [0.2, 0.25) is 0 Å². The van der Waals surface area contributed by atoms with Gasteiger partial charge in [0.1, 0.15) is 0 Å². The van der Waals surface area contributed by atoms with E-state index in [1.807, 2.05) is 0 Å². The maximum atomic E-state index is 5.85. The molecule has 0 N–H and O–H groups in total. The third kappa shape index (κ3) is 1.95. The van der Waals surface area contributed by atoms with Gasteiger partial charge in [-0.2, -0.15) is 0 Å². The van der Waals surface area contributed by atoms with Crippen LogP contribution in [0.1, 0.15) is 38.1 Å². The van der Waals surface area contributed by atoms with Crippen LogP contribution < -0.4 is 0 Å². The zero-order valence-corrected chi connectivity index (χ0v) is 11.6. The first-order valence-corrected chi connectivity index (χ1v) is 6.75. The number of aromatic nitrogens is 2. The second kappa shape index (κ2) is 4.57. The van der Waals surface area contributed by atoms with Crippen molar-refractivity contribution in [2.24, 2.45) is 0 Å². The van der Waals surface area contributed by atoms with Crippen LogP contribution in [0.15, 0.2) is 41.1 Å². The average molecular weight is 254 g/mol. The fraction of sp³-hybridized carbons (Fsp3) is 0.312. The van der Waals surface area contributed by atoms with Gasteiger partial charge < -0.3 is 4.42 Å². The summed E-state index contributed by atoms with van der Waals surface area (Å²) in [5.74, 6) is 1.88. The third-order valence-corrected chi connectivity index (χ3v) is 3.42. The number of hydrogen-bond acceptors (Lipinski definition) is 2. The summed E-state index contributed by atoms with van der Waals surface area (Å²) in [7, 11) is 0. The van der Waals surface area contributed by atoms with Crippen LogP contribution in [-0.4, -0.2) is 9.55 Å². The van der Waals surface area contributed by atoms with Crippen LogP contribution in [-0.2, 0) is 6.42 Å². The number of nitrogens with zero attached hydrogens (tertiary/aromatic N) is 2. The molecule has 0 saturated heterocycles. The van der Waals surface area contributed by atoms with E-state index >= 15 is 0 Å². The Labute approximate surface area is 112 Å². The summed E-state index contributed by atoms with van der Waals surface area (Å²) < 4.78 is 7.94. The highest BCUT2D eigenvalue weighted by Gasteiger charge is 2.13. The van der Waals surface area contributed by atoms with Gasteiger partial charge in [-0.05, 0) is 18.1 Å². The van der Waals surface area contributed by atoms with Crippen LogP contribution in [0.5, 0.6) is 0 Å². The van der Waals surface area contributed by atoms with E-state index in [2.05, 4.69) is 60.8 Å². The summed E-state index contributed by atoms with van der Waals surface area (Å²) in [6, 6.07) is 8.40. The molecule has 0 bridgehead atoms. The number of benzene rings is 1. The molecule has 0 spiro atoms. The van der Waals surface area contributed by atoms with Gasteiger partial charge >= 0.3 is 0 Å². The Hall–Kier alpha value is -2.03. The zero-order chi connectivity index (χ0) is 13.4. The van der Waals surface area contributed by atoms with Gasteiger partial charge in [0.2, 0.25) is 5.88 Å². The van der Waals surface area contributed by atoms with E-state index in [0.717, 1.165) is 18.2 Å². The molecule has 0 amide bonds. The molecule has 3 rings (SSSR count). The van der Waals surface area contributed by atoms with Crippen molar-refractivity contribution in [1.82, 2.24) is 9.55 Å². The first-order chi connectivity index (χ1) is 9.20. The number of oxazole rings is 1. The van der Waals surface area contributed by atoms with Gasteiger partial charge in [0, 0.05) is 17.5 Å². The molecule has 0 atom stereocenters. The first-order valence-electron chi connectivity index (χ1n) is 6.75. The van der Waals surface area contributed by atoms with Gasteiger partial charge in [-0.3, -0.25) is 4.57 Å². The Morgan fingerprint density at radius 1 is 1.26 bits per heavy atom. The Bertz CT molecular complexity index is 706. The number of rotatable bonds is 3. The minimum absolute atomic E-state index is 0.307. The monoisotopic (exact) mass is 254 g/mol. The van der Waals surface area contributed by atoms with Crippen molar-refractivity contribution in [2.45, 2.75) is 33.1 Å². The number of fused-ring (bicyclic) bond motifs is 1. The molecule has 1 aromatic carbocycles. The largest absolute Gasteiger partial charge is 0.424 e. The maximum absolute atomic E-state index is 5.85. The van der Waals surface area contributed by atoms with E-state index < -0.39 is 0 Å². The highest BCUT2D eigenvalue weighted by Crippen LogP contribution is 2.26. The van der Waals surface area contributed by atoms with Crippen LogP contribution in [0.25, 0.3) is 16.8 Å². The quantitative estimate of drug-likeness (QED) is 0.697. The molecule has 0 aliphatic rings. The van der Waals surface area contributed by atoms with Crippen molar-refractivity contribution >= 4 is 10.9 Å². The van der Waals surface area contributed by atoms with Crippen LogP contribution >= 0.6 is 0 Å². The van der Waals surface area contributed by atoms with Gasteiger partial charge in [-0.1, -0.05) is 39.0 Å². The molecule has 0 saturated carbocycles. The lowest BCUT2D eigenvalue weighted by Gasteiger charge is -2.00.